The molecular weight excluding hydrogens is 380 g/mol. The molecule has 6 heteroatoms. The van der Waals surface area contributed by atoms with Gasteiger partial charge in [0.05, 0.1) is 17.5 Å². The summed E-state index contributed by atoms with van der Waals surface area (Å²) >= 11 is 7.73. The van der Waals surface area contributed by atoms with E-state index in [1.54, 1.807) is 11.3 Å². The van der Waals surface area contributed by atoms with Crippen LogP contribution in [0.15, 0.2) is 42.6 Å². The molecule has 1 aliphatic rings. The molecule has 0 saturated carbocycles. The molecule has 27 heavy (non-hydrogen) atoms. The highest BCUT2D eigenvalue weighted by molar-refractivity contribution is 7.16. The topological polar surface area (TPSA) is 34.5 Å². The van der Waals surface area contributed by atoms with E-state index >= 15 is 0 Å². The van der Waals surface area contributed by atoms with E-state index in [-0.39, 0.29) is 6.09 Å². The van der Waals surface area contributed by atoms with E-state index in [0.717, 1.165) is 36.8 Å². The number of hydrogen-bond donors (Lipinski definition) is 0. The van der Waals surface area contributed by atoms with Crippen LogP contribution in [-0.4, -0.2) is 35.3 Å². The van der Waals surface area contributed by atoms with Crippen molar-refractivity contribution in [3.8, 4) is 0 Å². The molecule has 0 radical (unpaired) electrons. The molecule has 0 bridgehead atoms. The maximum absolute atomic E-state index is 12.0. The Morgan fingerprint density at radius 1 is 1.22 bits per heavy atom. The predicted octanol–water partition coefficient (Wildman–Crippen LogP) is 5.74. The highest BCUT2D eigenvalue weighted by Crippen LogP contribution is 2.35. The highest BCUT2D eigenvalue weighted by atomic mass is 35.5. The van der Waals surface area contributed by atoms with Crippen LogP contribution in [0.1, 0.15) is 36.1 Å². The molecule has 0 aliphatic carbocycles. The van der Waals surface area contributed by atoms with Crippen LogP contribution in [0.5, 0.6) is 0 Å². The van der Waals surface area contributed by atoms with Gasteiger partial charge in [-0.2, -0.15) is 0 Å². The summed E-state index contributed by atoms with van der Waals surface area (Å²) in [5, 5.41) is 1.31. The Bertz CT molecular complexity index is 941. The first-order valence-electron chi connectivity index (χ1n) is 9.39. The number of para-hydroxylation sites is 1. The molecule has 1 fully saturated rings. The van der Waals surface area contributed by atoms with Crippen molar-refractivity contribution in [1.29, 1.82) is 0 Å². The molecule has 142 valence electrons. The molecule has 0 spiro atoms. The molecule has 1 saturated heterocycles. The van der Waals surface area contributed by atoms with Gasteiger partial charge in [-0.15, -0.1) is 11.3 Å². The zero-order chi connectivity index (χ0) is 18.8. The van der Waals surface area contributed by atoms with Gasteiger partial charge < -0.3 is 14.2 Å². The van der Waals surface area contributed by atoms with E-state index in [9.17, 15) is 4.79 Å². The van der Waals surface area contributed by atoms with Gasteiger partial charge in [-0.3, -0.25) is 0 Å². The second-order valence-electron chi connectivity index (χ2n) is 6.90. The lowest BCUT2D eigenvalue weighted by atomic mass is 9.89. The van der Waals surface area contributed by atoms with Crippen LogP contribution in [0.25, 0.3) is 10.9 Å². The number of halogens is 1. The minimum atomic E-state index is -0.187. The van der Waals surface area contributed by atoms with Gasteiger partial charge in [0, 0.05) is 35.1 Å². The van der Waals surface area contributed by atoms with E-state index in [0.29, 0.717) is 12.5 Å². The van der Waals surface area contributed by atoms with Crippen LogP contribution in [0.3, 0.4) is 0 Å². The SMILES string of the molecule is CCOC(=O)N1CCC(c2cn(Cc3ccc(Cl)s3)c3ccccc23)CC1. The number of carbonyl (C=O) groups is 1. The molecule has 1 amide bonds. The number of ether oxygens (including phenoxy) is 1. The first-order chi connectivity index (χ1) is 13.2. The summed E-state index contributed by atoms with van der Waals surface area (Å²) in [6.07, 6.45) is 4.05. The van der Waals surface area contributed by atoms with Crippen molar-refractivity contribution < 1.29 is 9.53 Å². The van der Waals surface area contributed by atoms with Crippen LogP contribution < -0.4 is 0 Å². The number of rotatable bonds is 4. The minimum Gasteiger partial charge on any atom is -0.450 e. The second kappa shape index (κ2) is 7.95. The van der Waals surface area contributed by atoms with Crippen molar-refractivity contribution >= 4 is 39.9 Å². The number of thiophene rings is 1. The Hall–Kier alpha value is -1.98. The number of benzene rings is 1. The summed E-state index contributed by atoms with van der Waals surface area (Å²) in [4.78, 5) is 15.0. The quantitative estimate of drug-likeness (QED) is 0.557. The van der Waals surface area contributed by atoms with Gasteiger partial charge in [-0.25, -0.2) is 4.79 Å². The Kier molecular flexibility index (Phi) is 5.41. The van der Waals surface area contributed by atoms with Crippen molar-refractivity contribution in [2.75, 3.05) is 19.7 Å². The lowest BCUT2D eigenvalue weighted by Gasteiger charge is -2.31. The standard InChI is InChI=1S/C21H23ClN2O2S/c1-2-26-21(25)23-11-9-15(10-12-23)18-14-24(13-16-7-8-20(22)27-16)19-6-4-3-5-17(18)19/h3-8,14-15H,2,9-13H2,1H3. The van der Waals surface area contributed by atoms with E-state index in [2.05, 4.69) is 41.1 Å². The van der Waals surface area contributed by atoms with Crippen molar-refractivity contribution in [3.05, 3.63) is 57.4 Å². The van der Waals surface area contributed by atoms with Gasteiger partial charge in [0.2, 0.25) is 0 Å². The number of amides is 1. The zero-order valence-electron chi connectivity index (χ0n) is 15.4. The molecule has 4 nitrogen and oxygen atoms in total. The van der Waals surface area contributed by atoms with Crippen LogP contribution in [0.2, 0.25) is 4.34 Å². The average Bonchev–Trinajstić information content (AvgIpc) is 3.26. The van der Waals surface area contributed by atoms with Crippen molar-refractivity contribution in [2.45, 2.75) is 32.2 Å². The molecule has 0 atom stereocenters. The highest BCUT2D eigenvalue weighted by Gasteiger charge is 2.26. The third-order valence-corrected chi connectivity index (χ3v) is 6.45. The average molecular weight is 403 g/mol. The van der Waals surface area contributed by atoms with Crippen LogP contribution in [0, 0.1) is 0 Å². The minimum absolute atomic E-state index is 0.187. The van der Waals surface area contributed by atoms with E-state index in [4.69, 9.17) is 16.3 Å². The van der Waals surface area contributed by atoms with Gasteiger partial charge >= 0.3 is 6.09 Å². The Morgan fingerprint density at radius 3 is 2.70 bits per heavy atom. The maximum atomic E-state index is 12.0. The summed E-state index contributed by atoms with van der Waals surface area (Å²) in [5.74, 6) is 0.466. The molecule has 1 aromatic carbocycles. The summed E-state index contributed by atoms with van der Waals surface area (Å²) in [7, 11) is 0. The smallest absolute Gasteiger partial charge is 0.409 e. The number of hydrogen-bond acceptors (Lipinski definition) is 3. The molecular formula is C21H23ClN2O2S. The van der Waals surface area contributed by atoms with Crippen molar-refractivity contribution in [3.63, 3.8) is 0 Å². The van der Waals surface area contributed by atoms with Gasteiger partial charge in [-0.05, 0) is 49.4 Å². The third-order valence-electron chi connectivity index (χ3n) is 5.24. The maximum Gasteiger partial charge on any atom is 0.409 e. The van der Waals surface area contributed by atoms with Gasteiger partial charge in [0.1, 0.15) is 0 Å². The van der Waals surface area contributed by atoms with Crippen LogP contribution in [-0.2, 0) is 11.3 Å². The summed E-state index contributed by atoms with van der Waals surface area (Å²) in [6, 6.07) is 12.6. The van der Waals surface area contributed by atoms with Gasteiger partial charge in [0.15, 0.2) is 0 Å². The van der Waals surface area contributed by atoms with E-state index < -0.39 is 0 Å². The Labute approximate surface area is 168 Å². The zero-order valence-corrected chi connectivity index (χ0v) is 16.9. The second-order valence-corrected chi connectivity index (χ2v) is 8.70. The molecule has 3 heterocycles. The fraction of sp³-hybridized carbons (Fsp3) is 0.381. The fourth-order valence-corrected chi connectivity index (χ4v) is 5.01. The van der Waals surface area contributed by atoms with Crippen molar-refractivity contribution in [1.82, 2.24) is 9.47 Å². The predicted molar refractivity (Wildman–Crippen MR) is 111 cm³/mol. The molecule has 3 aromatic rings. The van der Waals surface area contributed by atoms with Crippen LogP contribution in [0.4, 0.5) is 4.79 Å². The van der Waals surface area contributed by atoms with Crippen molar-refractivity contribution in [2.24, 2.45) is 0 Å². The number of fused-ring (bicyclic) bond motifs is 1. The molecule has 0 unspecified atom stereocenters. The third kappa shape index (κ3) is 3.85. The fourth-order valence-electron chi connectivity index (χ4n) is 3.92. The van der Waals surface area contributed by atoms with E-state index in [1.165, 1.54) is 21.3 Å². The lowest BCUT2D eigenvalue weighted by Crippen LogP contribution is -2.38. The number of likely N-dealkylation sites (tertiary alicyclic amines) is 1. The normalized spacial score (nSPS) is 15.4. The number of piperidine rings is 1. The Morgan fingerprint density at radius 2 is 2.00 bits per heavy atom. The Balaban J connectivity index is 1.57. The first-order valence-corrected chi connectivity index (χ1v) is 10.6. The number of aromatic nitrogens is 1. The van der Waals surface area contributed by atoms with Gasteiger partial charge in [-0.1, -0.05) is 29.8 Å². The van der Waals surface area contributed by atoms with Gasteiger partial charge in [0.25, 0.3) is 0 Å². The molecule has 0 N–H and O–H groups in total. The number of nitrogens with zero attached hydrogens (tertiary/aromatic N) is 2. The summed E-state index contributed by atoms with van der Waals surface area (Å²) in [6.45, 7) is 4.62. The summed E-state index contributed by atoms with van der Waals surface area (Å²) in [5.41, 5.74) is 2.64. The molecule has 4 rings (SSSR count). The monoisotopic (exact) mass is 402 g/mol. The largest absolute Gasteiger partial charge is 0.450 e. The molecule has 1 aliphatic heterocycles. The summed E-state index contributed by atoms with van der Waals surface area (Å²) < 4.78 is 8.29. The number of carbonyl (C=O) groups excluding carboxylic acids is 1. The first kappa shape index (κ1) is 18.4. The van der Waals surface area contributed by atoms with E-state index in [1.807, 2.05) is 17.9 Å². The molecule has 2 aromatic heterocycles. The van der Waals surface area contributed by atoms with Crippen LogP contribution >= 0.6 is 22.9 Å². The lowest BCUT2D eigenvalue weighted by molar-refractivity contribution is 0.0971.